The van der Waals surface area contributed by atoms with Gasteiger partial charge in [0.15, 0.2) is 5.82 Å². The highest BCUT2D eigenvalue weighted by Crippen LogP contribution is 2.11. The Kier molecular flexibility index (Phi) is 4.79. The molecule has 0 atom stereocenters. The molecule has 0 fully saturated rings. The normalized spacial score (nSPS) is 10.6. The number of fused-ring (bicyclic) bond motifs is 1. The lowest BCUT2D eigenvalue weighted by atomic mass is 10.2. The molecule has 0 amide bonds. The quantitative estimate of drug-likeness (QED) is 0.528. The lowest BCUT2D eigenvalue weighted by molar-refractivity contribution is -0.139. The second-order valence-corrected chi connectivity index (χ2v) is 5.85. The Bertz CT molecular complexity index is 980. The molecule has 0 aliphatic rings. The number of esters is 1. The minimum atomic E-state index is -0.466. The van der Waals surface area contributed by atoms with Crippen molar-refractivity contribution in [2.75, 3.05) is 0 Å². The Morgan fingerprint density at radius 2 is 2.04 bits per heavy atom. The topological polar surface area (TPSA) is 74.3 Å². The summed E-state index contributed by atoms with van der Waals surface area (Å²) in [6, 6.07) is 10.6. The maximum absolute atomic E-state index is 12.8. The van der Waals surface area contributed by atoms with E-state index in [-0.39, 0.29) is 18.7 Å². The van der Waals surface area contributed by atoms with Gasteiger partial charge in [-0.05, 0) is 38.1 Å². The molecule has 0 N–H and O–H groups in total. The fraction of sp³-hybridized carbons (Fsp3) is 0.211. The van der Waals surface area contributed by atoms with E-state index in [0.29, 0.717) is 22.5 Å². The molecule has 0 saturated heterocycles. The molecule has 2 aromatic heterocycles. The van der Waals surface area contributed by atoms with Crippen molar-refractivity contribution in [2.24, 2.45) is 0 Å². The number of para-hydroxylation sites is 1. The smallest absolute Gasteiger partial charge is 0.331 e. The minimum Gasteiger partial charge on any atom is -0.467 e. The molecule has 0 bridgehead atoms. The number of rotatable bonds is 5. The number of nitrogens with zero attached hydrogens (tertiary/aromatic N) is 2. The summed E-state index contributed by atoms with van der Waals surface area (Å²) in [5.74, 6) is 0.526. The van der Waals surface area contributed by atoms with E-state index in [1.165, 1.54) is 10.6 Å². The average Bonchev–Trinajstić information content (AvgIpc) is 3.08. The van der Waals surface area contributed by atoms with Crippen LogP contribution in [0.4, 0.5) is 0 Å². The van der Waals surface area contributed by atoms with Gasteiger partial charge >= 0.3 is 5.97 Å². The monoisotopic (exact) mass is 338 g/mol. The van der Waals surface area contributed by atoms with Crippen LogP contribution in [0.1, 0.15) is 25.4 Å². The number of hydrogen-bond acceptors (Lipinski definition) is 5. The molecular weight excluding hydrogens is 320 g/mol. The van der Waals surface area contributed by atoms with Crippen molar-refractivity contribution in [3.8, 4) is 0 Å². The zero-order chi connectivity index (χ0) is 17.8. The van der Waals surface area contributed by atoms with Crippen LogP contribution in [0.25, 0.3) is 10.9 Å². The largest absolute Gasteiger partial charge is 0.467 e. The first-order valence-corrected chi connectivity index (χ1v) is 7.87. The summed E-state index contributed by atoms with van der Waals surface area (Å²) in [5.41, 5.74) is 1.20. The fourth-order valence-electron chi connectivity index (χ4n) is 2.46. The molecule has 128 valence electrons. The predicted octanol–water partition coefficient (Wildman–Crippen LogP) is 3.05. The van der Waals surface area contributed by atoms with Crippen LogP contribution < -0.4 is 5.56 Å². The van der Waals surface area contributed by atoms with Crippen molar-refractivity contribution in [1.29, 1.82) is 0 Å². The third-order valence-corrected chi connectivity index (χ3v) is 3.58. The highest BCUT2D eigenvalue weighted by Gasteiger charge is 2.13. The van der Waals surface area contributed by atoms with Gasteiger partial charge in [0.05, 0.1) is 23.7 Å². The molecule has 3 rings (SSSR count). The van der Waals surface area contributed by atoms with Crippen LogP contribution >= 0.6 is 0 Å². The molecule has 0 unspecified atom stereocenters. The zero-order valence-corrected chi connectivity index (χ0v) is 14.1. The maximum atomic E-state index is 12.8. The van der Waals surface area contributed by atoms with Gasteiger partial charge in [0.1, 0.15) is 12.4 Å². The van der Waals surface area contributed by atoms with Gasteiger partial charge in [-0.1, -0.05) is 17.7 Å². The fourth-order valence-corrected chi connectivity index (χ4v) is 2.46. The first kappa shape index (κ1) is 16.7. The van der Waals surface area contributed by atoms with E-state index in [4.69, 9.17) is 9.15 Å². The summed E-state index contributed by atoms with van der Waals surface area (Å²) in [6.45, 7) is 3.74. The van der Waals surface area contributed by atoms with Gasteiger partial charge < -0.3 is 9.15 Å². The van der Waals surface area contributed by atoms with Crippen LogP contribution in [0.5, 0.6) is 0 Å². The minimum absolute atomic E-state index is 0.0939. The average molecular weight is 338 g/mol. The van der Waals surface area contributed by atoms with Crippen LogP contribution in [-0.4, -0.2) is 15.5 Å². The van der Waals surface area contributed by atoms with Crippen LogP contribution in [-0.2, 0) is 22.7 Å². The summed E-state index contributed by atoms with van der Waals surface area (Å²) in [7, 11) is 0. The van der Waals surface area contributed by atoms with Crippen LogP contribution in [0.3, 0.4) is 0 Å². The van der Waals surface area contributed by atoms with Crippen LogP contribution in [0, 0.1) is 0 Å². The molecule has 3 aromatic rings. The van der Waals surface area contributed by atoms with E-state index >= 15 is 0 Å². The molecule has 25 heavy (non-hydrogen) atoms. The van der Waals surface area contributed by atoms with Crippen molar-refractivity contribution in [2.45, 2.75) is 27.0 Å². The number of benzene rings is 1. The van der Waals surface area contributed by atoms with Crippen LogP contribution in [0.2, 0.25) is 0 Å². The first-order chi connectivity index (χ1) is 12.0. The van der Waals surface area contributed by atoms with E-state index in [0.717, 1.165) is 5.57 Å². The van der Waals surface area contributed by atoms with Crippen molar-refractivity contribution >= 4 is 16.9 Å². The number of allylic oxidation sites excluding steroid dienone is 1. The molecular formula is C19H18N2O4. The summed E-state index contributed by atoms with van der Waals surface area (Å²) in [6.07, 6.45) is 2.94. The third kappa shape index (κ3) is 3.85. The lowest BCUT2D eigenvalue weighted by Gasteiger charge is -2.12. The molecule has 0 aliphatic heterocycles. The molecule has 0 saturated carbocycles. The van der Waals surface area contributed by atoms with E-state index in [1.807, 2.05) is 19.9 Å². The second-order valence-electron chi connectivity index (χ2n) is 5.85. The maximum Gasteiger partial charge on any atom is 0.331 e. The van der Waals surface area contributed by atoms with Crippen molar-refractivity contribution in [1.82, 2.24) is 9.55 Å². The lowest BCUT2D eigenvalue weighted by Crippen LogP contribution is -2.26. The Hall–Kier alpha value is -3.15. The van der Waals surface area contributed by atoms with Gasteiger partial charge in [-0.2, -0.15) is 0 Å². The van der Waals surface area contributed by atoms with Crippen molar-refractivity contribution in [3.05, 3.63) is 76.2 Å². The third-order valence-electron chi connectivity index (χ3n) is 3.58. The molecule has 2 heterocycles. The number of aromatic nitrogens is 2. The van der Waals surface area contributed by atoms with E-state index in [2.05, 4.69) is 4.98 Å². The summed E-state index contributed by atoms with van der Waals surface area (Å²) < 4.78 is 12.0. The molecule has 6 heteroatoms. The first-order valence-electron chi connectivity index (χ1n) is 7.87. The molecule has 0 aliphatic carbocycles. The number of furan rings is 1. The number of carbonyl (C=O) groups is 1. The molecule has 1 aromatic carbocycles. The van der Waals surface area contributed by atoms with Gasteiger partial charge in [-0.3, -0.25) is 9.36 Å². The highest BCUT2D eigenvalue weighted by atomic mass is 16.5. The Morgan fingerprint density at radius 3 is 2.76 bits per heavy atom. The zero-order valence-electron chi connectivity index (χ0n) is 14.1. The van der Waals surface area contributed by atoms with Crippen molar-refractivity contribution < 1.29 is 13.9 Å². The Balaban J connectivity index is 2.00. The molecule has 6 nitrogen and oxygen atoms in total. The van der Waals surface area contributed by atoms with E-state index in [1.54, 1.807) is 36.6 Å². The Labute approximate surface area is 144 Å². The summed E-state index contributed by atoms with van der Waals surface area (Å²) in [4.78, 5) is 29.1. The van der Waals surface area contributed by atoms with Crippen LogP contribution in [0.15, 0.2) is 63.5 Å². The van der Waals surface area contributed by atoms with E-state index in [9.17, 15) is 9.59 Å². The van der Waals surface area contributed by atoms with Gasteiger partial charge in [0.25, 0.3) is 5.56 Å². The second kappa shape index (κ2) is 7.17. The summed E-state index contributed by atoms with van der Waals surface area (Å²) in [5, 5.41) is 0.508. The SMILES string of the molecule is CC(C)=CC(=O)OCc1nc2ccccc2c(=O)n1Cc1ccco1. The standard InChI is InChI=1S/C19H18N2O4/c1-13(2)10-18(22)25-12-17-20-16-8-4-3-7-15(16)19(23)21(17)11-14-6-5-9-24-14/h3-10H,11-12H2,1-2H3. The van der Waals surface area contributed by atoms with Gasteiger partial charge in [0, 0.05) is 6.08 Å². The molecule has 0 spiro atoms. The van der Waals surface area contributed by atoms with Gasteiger partial charge in [-0.25, -0.2) is 9.78 Å². The Morgan fingerprint density at radius 1 is 1.24 bits per heavy atom. The van der Waals surface area contributed by atoms with Crippen molar-refractivity contribution in [3.63, 3.8) is 0 Å². The number of hydrogen-bond donors (Lipinski definition) is 0. The van der Waals surface area contributed by atoms with Gasteiger partial charge in [-0.15, -0.1) is 0 Å². The molecule has 0 radical (unpaired) electrons. The number of ether oxygens (including phenoxy) is 1. The highest BCUT2D eigenvalue weighted by molar-refractivity contribution is 5.82. The predicted molar refractivity (Wildman–Crippen MR) is 93.0 cm³/mol. The summed E-state index contributed by atoms with van der Waals surface area (Å²) >= 11 is 0. The number of carbonyl (C=O) groups excluding carboxylic acids is 1. The van der Waals surface area contributed by atoms with E-state index < -0.39 is 5.97 Å². The van der Waals surface area contributed by atoms with Gasteiger partial charge in [0.2, 0.25) is 0 Å².